The van der Waals surface area contributed by atoms with E-state index in [1.165, 1.54) is 12.1 Å². The Bertz CT molecular complexity index is 516. The predicted molar refractivity (Wildman–Crippen MR) is 73.6 cm³/mol. The number of benzene rings is 1. The summed E-state index contributed by atoms with van der Waals surface area (Å²) in [7, 11) is 0. The molecular formula is C15H18FNO3. The van der Waals surface area contributed by atoms with Gasteiger partial charge in [-0.05, 0) is 37.1 Å². The molecule has 0 bridgehead atoms. The number of rotatable bonds is 5. The third-order valence-electron chi connectivity index (χ3n) is 3.58. The fraction of sp³-hybridized carbons (Fsp3) is 0.400. The van der Waals surface area contributed by atoms with Gasteiger partial charge in [-0.2, -0.15) is 0 Å². The molecule has 5 heteroatoms. The quantitative estimate of drug-likeness (QED) is 0.808. The molecule has 1 aromatic rings. The highest BCUT2D eigenvalue weighted by Gasteiger charge is 2.24. The average molecular weight is 279 g/mol. The van der Waals surface area contributed by atoms with Crippen LogP contribution in [0.5, 0.6) is 0 Å². The van der Waals surface area contributed by atoms with Crippen LogP contribution in [0.3, 0.4) is 0 Å². The van der Waals surface area contributed by atoms with E-state index in [0.717, 1.165) is 25.5 Å². The van der Waals surface area contributed by atoms with Crippen LogP contribution in [0.25, 0.3) is 6.08 Å². The summed E-state index contributed by atoms with van der Waals surface area (Å²) in [4.78, 5) is 12.5. The van der Waals surface area contributed by atoms with E-state index in [2.05, 4.69) is 4.90 Å². The molecule has 1 heterocycles. The van der Waals surface area contributed by atoms with Crippen LogP contribution in [0.1, 0.15) is 24.0 Å². The molecule has 0 amide bonds. The molecule has 1 aromatic carbocycles. The van der Waals surface area contributed by atoms with Crippen molar-refractivity contribution in [2.24, 2.45) is 0 Å². The van der Waals surface area contributed by atoms with Gasteiger partial charge in [0.15, 0.2) is 0 Å². The number of carboxylic acids is 1. The Balaban J connectivity index is 2.08. The van der Waals surface area contributed by atoms with Crippen LogP contribution in [-0.2, 0) is 11.3 Å². The SMILES string of the molecule is O=C(O)C=Cc1ccc(CN2CCCC2CO)c(F)c1. The second-order valence-electron chi connectivity index (χ2n) is 4.97. The molecular weight excluding hydrogens is 261 g/mol. The Hall–Kier alpha value is -1.72. The summed E-state index contributed by atoms with van der Waals surface area (Å²) < 4.78 is 14.0. The van der Waals surface area contributed by atoms with Crippen LogP contribution < -0.4 is 0 Å². The Morgan fingerprint density at radius 3 is 2.95 bits per heavy atom. The molecule has 2 N–H and O–H groups in total. The Kier molecular flexibility index (Phi) is 4.87. The number of aliphatic carboxylic acids is 1. The van der Waals surface area contributed by atoms with Crippen LogP contribution >= 0.6 is 0 Å². The maximum Gasteiger partial charge on any atom is 0.328 e. The molecule has 1 aliphatic rings. The number of hydrogen-bond donors (Lipinski definition) is 2. The lowest BCUT2D eigenvalue weighted by molar-refractivity contribution is -0.131. The van der Waals surface area contributed by atoms with Crippen LogP contribution in [0, 0.1) is 5.82 Å². The minimum absolute atomic E-state index is 0.0983. The highest BCUT2D eigenvalue weighted by molar-refractivity contribution is 5.85. The molecule has 1 atom stereocenters. The van der Waals surface area contributed by atoms with Gasteiger partial charge >= 0.3 is 5.97 Å². The first-order valence-electron chi connectivity index (χ1n) is 6.64. The molecule has 0 radical (unpaired) electrons. The molecule has 20 heavy (non-hydrogen) atoms. The minimum atomic E-state index is -1.06. The van der Waals surface area contributed by atoms with Crippen LogP contribution in [0.4, 0.5) is 4.39 Å². The molecule has 1 saturated heterocycles. The van der Waals surface area contributed by atoms with E-state index >= 15 is 0 Å². The molecule has 1 fully saturated rings. The Morgan fingerprint density at radius 1 is 1.50 bits per heavy atom. The van der Waals surface area contributed by atoms with Crippen LogP contribution in [0.15, 0.2) is 24.3 Å². The number of aliphatic hydroxyl groups is 1. The van der Waals surface area contributed by atoms with Crippen molar-refractivity contribution in [2.75, 3.05) is 13.2 Å². The van der Waals surface area contributed by atoms with E-state index in [1.54, 1.807) is 12.1 Å². The van der Waals surface area contributed by atoms with E-state index in [-0.39, 0.29) is 18.5 Å². The number of halogens is 1. The van der Waals surface area contributed by atoms with Gasteiger partial charge in [-0.3, -0.25) is 4.90 Å². The van der Waals surface area contributed by atoms with Crippen molar-refractivity contribution < 1.29 is 19.4 Å². The Morgan fingerprint density at radius 2 is 2.30 bits per heavy atom. The van der Waals surface area contributed by atoms with E-state index in [0.29, 0.717) is 17.7 Å². The van der Waals surface area contributed by atoms with Gasteiger partial charge in [-0.15, -0.1) is 0 Å². The lowest BCUT2D eigenvalue weighted by atomic mass is 10.1. The van der Waals surface area contributed by atoms with Crippen molar-refractivity contribution in [3.05, 3.63) is 41.2 Å². The monoisotopic (exact) mass is 279 g/mol. The fourth-order valence-electron chi connectivity index (χ4n) is 2.49. The summed E-state index contributed by atoms with van der Waals surface area (Å²) in [6.45, 7) is 1.44. The van der Waals surface area contributed by atoms with E-state index < -0.39 is 5.97 Å². The van der Waals surface area contributed by atoms with Gasteiger partial charge in [-0.1, -0.05) is 12.1 Å². The number of nitrogens with zero attached hydrogens (tertiary/aromatic N) is 1. The summed E-state index contributed by atoms with van der Waals surface area (Å²) in [5.74, 6) is -1.40. The first-order valence-corrected chi connectivity index (χ1v) is 6.64. The summed E-state index contributed by atoms with van der Waals surface area (Å²) in [6, 6.07) is 4.81. The van der Waals surface area contributed by atoms with Crippen molar-refractivity contribution >= 4 is 12.0 Å². The van der Waals surface area contributed by atoms with Crippen molar-refractivity contribution in [1.29, 1.82) is 0 Å². The van der Waals surface area contributed by atoms with E-state index in [4.69, 9.17) is 5.11 Å². The molecule has 2 rings (SSSR count). The zero-order valence-electron chi connectivity index (χ0n) is 11.1. The predicted octanol–water partition coefficient (Wildman–Crippen LogP) is 1.88. The fourth-order valence-corrected chi connectivity index (χ4v) is 2.49. The molecule has 0 spiro atoms. The normalized spacial score (nSPS) is 19.8. The topological polar surface area (TPSA) is 60.8 Å². The minimum Gasteiger partial charge on any atom is -0.478 e. The lowest BCUT2D eigenvalue weighted by Crippen LogP contribution is -2.31. The number of carbonyl (C=O) groups is 1. The summed E-state index contributed by atoms with van der Waals surface area (Å²) in [5, 5.41) is 17.8. The maximum atomic E-state index is 14.0. The second-order valence-corrected chi connectivity index (χ2v) is 4.97. The highest BCUT2D eigenvalue weighted by atomic mass is 19.1. The third kappa shape index (κ3) is 3.65. The summed E-state index contributed by atoms with van der Waals surface area (Å²) >= 11 is 0. The number of likely N-dealkylation sites (tertiary alicyclic amines) is 1. The standard InChI is InChI=1S/C15H18FNO3/c16-14-8-11(4-6-15(19)20)3-5-12(14)9-17-7-1-2-13(17)10-18/h3-6,8,13,18H,1-2,7,9-10H2,(H,19,20). The number of aliphatic hydroxyl groups excluding tert-OH is 1. The first-order chi connectivity index (χ1) is 9.60. The molecule has 108 valence electrons. The lowest BCUT2D eigenvalue weighted by Gasteiger charge is -2.22. The molecule has 4 nitrogen and oxygen atoms in total. The van der Waals surface area contributed by atoms with E-state index in [9.17, 15) is 14.3 Å². The van der Waals surface area contributed by atoms with Gasteiger partial charge in [0.2, 0.25) is 0 Å². The highest BCUT2D eigenvalue weighted by Crippen LogP contribution is 2.21. The first kappa shape index (κ1) is 14.7. The van der Waals surface area contributed by atoms with E-state index in [1.807, 2.05) is 0 Å². The molecule has 0 aliphatic carbocycles. The summed E-state index contributed by atoms with van der Waals surface area (Å²) in [5.41, 5.74) is 1.09. The van der Waals surface area contributed by atoms with Crippen molar-refractivity contribution in [1.82, 2.24) is 4.90 Å². The van der Waals surface area contributed by atoms with Gasteiger partial charge < -0.3 is 10.2 Å². The number of carboxylic acid groups (broad SMARTS) is 1. The third-order valence-corrected chi connectivity index (χ3v) is 3.58. The zero-order chi connectivity index (χ0) is 14.5. The van der Waals surface area contributed by atoms with Gasteiger partial charge in [0, 0.05) is 24.2 Å². The van der Waals surface area contributed by atoms with Crippen LogP contribution in [0.2, 0.25) is 0 Å². The smallest absolute Gasteiger partial charge is 0.328 e. The summed E-state index contributed by atoms with van der Waals surface area (Å²) in [6.07, 6.45) is 4.31. The van der Waals surface area contributed by atoms with Crippen molar-refractivity contribution in [3.63, 3.8) is 0 Å². The number of hydrogen-bond acceptors (Lipinski definition) is 3. The second kappa shape index (κ2) is 6.63. The molecule has 1 unspecified atom stereocenters. The molecule has 1 aliphatic heterocycles. The molecule has 0 saturated carbocycles. The zero-order valence-corrected chi connectivity index (χ0v) is 11.1. The molecule has 0 aromatic heterocycles. The van der Waals surface area contributed by atoms with Gasteiger partial charge in [0.25, 0.3) is 0 Å². The van der Waals surface area contributed by atoms with Crippen LogP contribution in [-0.4, -0.2) is 40.3 Å². The maximum absolute atomic E-state index is 14.0. The van der Waals surface area contributed by atoms with Crippen molar-refractivity contribution in [2.45, 2.75) is 25.4 Å². The Labute approximate surface area is 117 Å². The van der Waals surface area contributed by atoms with Gasteiger partial charge in [-0.25, -0.2) is 9.18 Å². The van der Waals surface area contributed by atoms with Gasteiger partial charge in [0.05, 0.1) is 6.61 Å². The van der Waals surface area contributed by atoms with Gasteiger partial charge in [0.1, 0.15) is 5.82 Å². The van der Waals surface area contributed by atoms with Crippen molar-refractivity contribution in [3.8, 4) is 0 Å². The average Bonchev–Trinajstić information content (AvgIpc) is 2.86. The largest absolute Gasteiger partial charge is 0.478 e.